The summed E-state index contributed by atoms with van der Waals surface area (Å²) in [7, 11) is 0. The average Bonchev–Trinajstić information content (AvgIpc) is 1.98. The van der Waals surface area contributed by atoms with Gasteiger partial charge < -0.3 is 10.8 Å². The molecule has 4 fully saturated rings. The Morgan fingerprint density at radius 3 is 2.00 bits per heavy atom. The summed E-state index contributed by atoms with van der Waals surface area (Å²) in [4.78, 5) is 0. The van der Waals surface area contributed by atoms with Crippen LogP contribution in [0, 0.1) is 17.3 Å². The highest BCUT2D eigenvalue weighted by Gasteiger charge is 2.66. The van der Waals surface area contributed by atoms with Crippen LogP contribution >= 0.6 is 0 Å². The van der Waals surface area contributed by atoms with Crippen LogP contribution in [0.2, 0.25) is 0 Å². The fraction of sp³-hybridized carbons (Fsp3) is 1.00. The van der Waals surface area contributed by atoms with E-state index in [2.05, 4.69) is 13.8 Å². The molecule has 80 valence electrons. The summed E-state index contributed by atoms with van der Waals surface area (Å²) >= 11 is 0. The predicted octanol–water partition coefficient (Wildman–Crippen LogP) is 1.66. The van der Waals surface area contributed by atoms with E-state index in [1.54, 1.807) is 0 Å². The Hall–Kier alpha value is -0.0800. The summed E-state index contributed by atoms with van der Waals surface area (Å²) in [6, 6.07) is 0. The second-order valence-corrected chi connectivity index (χ2v) is 6.58. The van der Waals surface area contributed by atoms with Gasteiger partial charge in [0.05, 0.1) is 5.60 Å². The van der Waals surface area contributed by atoms with Crippen LogP contribution in [0.25, 0.3) is 0 Å². The van der Waals surface area contributed by atoms with E-state index in [0.717, 1.165) is 24.7 Å². The Kier molecular flexibility index (Phi) is 1.44. The zero-order valence-corrected chi connectivity index (χ0v) is 9.21. The van der Waals surface area contributed by atoms with Crippen LogP contribution < -0.4 is 5.73 Å². The summed E-state index contributed by atoms with van der Waals surface area (Å²) in [6.07, 6.45) is 5.71. The van der Waals surface area contributed by atoms with Gasteiger partial charge in [-0.2, -0.15) is 0 Å². The van der Waals surface area contributed by atoms with Crippen molar-refractivity contribution in [2.75, 3.05) is 0 Å². The molecule has 3 N–H and O–H groups in total. The smallest absolute Gasteiger partial charge is 0.0834 e. The van der Waals surface area contributed by atoms with E-state index in [1.807, 2.05) is 0 Å². The molecule has 2 heteroatoms. The Bertz CT molecular complexity index is 246. The largest absolute Gasteiger partial charge is 0.388 e. The molecule has 3 unspecified atom stereocenters. The number of aliphatic hydroxyl groups is 1. The lowest BCUT2D eigenvalue weighted by Crippen LogP contribution is -2.75. The van der Waals surface area contributed by atoms with Crippen molar-refractivity contribution in [2.24, 2.45) is 23.0 Å². The van der Waals surface area contributed by atoms with Crippen molar-refractivity contribution in [1.29, 1.82) is 0 Å². The highest BCUT2D eigenvalue weighted by Crippen LogP contribution is 2.64. The van der Waals surface area contributed by atoms with Gasteiger partial charge in [0.15, 0.2) is 0 Å². The van der Waals surface area contributed by atoms with Gasteiger partial charge in [-0.3, -0.25) is 0 Å². The first-order valence-electron chi connectivity index (χ1n) is 5.88. The third-order valence-electron chi connectivity index (χ3n) is 5.62. The molecule has 0 saturated heterocycles. The van der Waals surface area contributed by atoms with Gasteiger partial charge >= 0.3 is 0 Å². The summed E-state index contributed by atoms with van der Waals surface area (Å²) in [5.41, 5.74) is 5.68. The Balaban J connectivity index is 2.10. The van der Waals surface area contributed by atoms with E-state index in [1.165, 1.54) is 19.3 Å². The normalized spacial score (nSPS) is 66.0. The van der Waals surface area contributed by atoms with Gasteiger partial charge in [0, 0.05) is 5.54 Å². The molecule has 4 bridgehead atoms. The quantitative estimate of drug-likeness (QED) is 0.617. The second-order valence-electron chi connectivity index (χ2n) is 6.58. The molecular formula is C12H21NO. The first-order valence-corrected chi connectivity index (χ1v) is 5.88. The third kappa shape index (κ3) is 0.809. The fourth-order valence-corrected chi connectivity index (χ4v) is 4.75. The molecular weight excluding hydrogens is 174 g/mol. The monoisotopic (exact) mass is 195 g/mol. The van der Waals surface area contributed by atoms with Crippen molar-refractivity contribution in [2.45, 2.75) is 57.1 Å². The van der Waals surface area contributed by atoms with E-state index in [-0.39, 0.29) is 11.0 Å². The van der Waals surface area contributed by atoms with Crippen LogP contribution in [0.5, 0.6) is 0 Å². The van der Waals surface area contributed by atoms with Gasteiger partial charge in [-0.05, 0) is 56.3 Å². The highest BCUT2D eigenvalue weighted by molar-refractivity contribution is 5.21. The summed E-state index contributed by atoms with van der Waals surface area (Å²) in [6.45, 7) is 4.36. The van der Waals surface area contributed by atoms with Gasteiger partial charge in [0.25, 0.3) is 0 Å². The zero-order valence-electron chi connectivity index (χ0n) is 9.21. The number of nitrogens with two attached hydrogens (primary N) is 1. The van der Waals surface area contributed by atoms with Gasteiger partial charge in [0.1, 0.15) is 0 Å². The zero-order chi connectivity index (χ0) is 10.2. The lowest BCUT2D eigenvalue weighted by Gasteiger charge is -2.68. The van der Waals surface area contributed by atoms with Crippen LogP contribution in [0.3, 0.4) is 0 Å². The van der Waals surface area contributed by atoms with Crippen molar-refractivity contribution in [3.63, 3.8) is 0 Å². The van der Waals surface area contributed by atoms with Gasteiger partial charge in [-0.1, -0.05) is 6.92 Å². The van der Waals surface area contributed by atoms with Crippen molar-refractivity contribution in [3.8, 4) is 0 Å². The SMILES string of the molecule is CC12CC3CC(C1)CC(O)(C3)C2(C)N. The topological polar surface area (TPSA) is 46.2 Å². The average molecular weight is 195 g/mol. The van der Waals surface area contributed by atoms with E-state index in [4.69, 9.17) is 5.73 Å². The molecule has 4 rings (SSSR count). The maximum absolute atomic E-state index is 10.7. The molecule has 0 aromatic carbocycles. The molecule has 0 amide bonds. The maximum Gasteiger partial charge on any atom is 0.0834 e. The van der Waals surface area contributed by atoms with Crippen LogP contribution in [-0.2, 0) is 0 Å². The van der Waals surface area contributed by atoms with Crippen molar-refractivity contribution in [3.05, 3.63) is 0 Å². The Morgan fingerprint density at radius 1 is 1.07 bits per heavy atom. The molecule has 0 aliphatic heterocycles. The molecule has 2 nitrogen and oxygen atoms in total. The predicted molar refractivity (Wildman–Crippen MR) is 55.7 cm³/mol. The van der Waals surface area contributed by atoms with Gasteiger partial charge in [0.2, 0.25) is 0 Å². The number of hydrogen-bond donors (Lipinski definition) is 2. The standard InChI is InChI=1S/C12H21NO/c1-10-4-8-3-9(5-10)7-12(14,6-8)11(10,2)13/h8-9,14H,3-7,13H2,1-2H3. The highest BCUT2D eigenvalue weighted by atomic mass is 16.3. The van der Waals surface area contributed by atoms with E-state index in [0.29, 0.717) is 0 Å². The van der Waals surface area contributed by atoms with Crippen molar-refractivity contribution in [1.82, 2.24) is 0 Å². The minimum Gasteiger partial charge on any atom is -0.388 e. The second kappa shape index (κ2) is 2.19. The molecule has 0 aromatic rings. The summed E-state index contributed by atoms with van der Waals surface area (Å²) < 4.78 is 0. The Labute approximate surface area is 85.9 Å². The summed E-state index contributed by atoms with van der Waals surface area (Å²) in [5.74, 6) is 1.49. The lowest BCUT2D eigenvalue weighted by atomic mass is 9.41. The first kappa shape index (κ1) is 9.17. The minimum absolute atomic E-state index is 0.186. The molecule has 0 spiro atoms. The van der Waals surface area contributed by atoms with E-state index < -0.39 is 5.60 Å². The van der Waals surface area contributed by atoms with E-state index >= 15 is 0 Å². The van der Waals surface area contributed by atoms with Gasteiger partial charge in [-0.25, -0.2) is 0 Å². The molecule has 0 aromatic heterocycles. The summed E-state index contributed by atoms with van der Waals surface area (Å²) in [5, 5.41) is 10.7. The first-order chi connectivity index (χ1) is 6.36. The lowest BCUT2D eigenvalue weighted by molar-refractivity contribution is -0.213. The fourth-order valence-electron chi connectivity index (χ4n) is 4.75. The number of rotatable bonds is 0. The third-order valence-corrected chi connectivity index (χ3v) is 5.62. The molecule has 3 atom stereocenters. The van der Waals surface area contributed by atoms with Crippen LogP contribution in [0.4, 0.5) is 0 Å². The molecule has 0 radical (unpaired) electrons. The number of hydrogen-bond acceptors (Lipinski definition) is 2. The van der Waals surface area contributed by atoms with Crippen molar-refractivity contribution >= 4 is 0 Å². The minimum atomic E-state index is -0.564. The van der Waals surface area contributed by atoms with E-state index in [9.17, 15) is 5.11 Å². The molecule has 4 aliphatic rings. The van der Waals surface area contributed by atoms with Crippen LogP contribution in [0.1, 0.15) is 46.0 Å². The maximum atomic E-state index is 10.7. The Morgan fingerprint density at radius 2 is 1.57 bits per heavy atom. The van der Waals surface area contributed by atoms with Crippen LogP contribution in [0.15, 0.2) is 0 Å². The van der Waals surface area contributed by atoms with Crippen molar-refractivity contribution < 1.29 is 5.11 Å². The molecule has 0 heterocycles. The molecule has 4 saturated carbocycles. The molecule has 4 aliphatic carbocycles. The molecule has 14 heavy (non-hydrogen) atoms. The van der Waals surface area contributed by atoms with Crippen LogP contribution in [-0.4, -0.2) is 16.2 Å². The van der Waals surface area contributed by atoms with Gasteiger partial charge in [-0.15, -0.1) is 0 Å².